The molecule has 3 heterocycles. The van der Waals surface area contributed by atoms with E-state index in [4.69, 9.17) is 4.74 Å². The minimum atomic E-state index is -0.0961. The maximum absolute atomic E-state index is 12.4. The molecule has 0 atom stereocenters. The Morgan fingerprint density at radius 3 is 0.991 bits per heavy atom. The predicted molar refractivity (Wildman–Crippen MR) is 484 cm³/mol. The maximum atomic E-state index is 12.4. The highest BCUT2D eigenvalue weighted by Gasteiger charge is 2.41. The summed E-state index contributed by atoms with van der Waals surface area (Å²) in [5.41, 5.74) is 32.4. The first-order valence-electron chi connectivity index (χ1n) is 40.7. The molecule has 7 aliphatic rings. The number of benzene rings is 15. The average molecular weight is 1520 g/mol. The van der Waals surface area contributed by atoms with Gasteiger partial charge in [0.2, 0.25) is 0 Å². The molecule has 4 aliphatic carbocycles. The number of ketones is 1. The Balaban J connectivity index is 0.000000101. The topological polar surface area (TPSA) is 38.3 Å². The van der Waals surface area contributed by atoms with Crippen molar-refractivity contribution in [1.82, 2.24) is 0 Å². The van der Waals surface area contributed by atoms with Crippen molar-refractivity contribution in [3.05, 3.63) is 452 Å². The van der Waals surface area contributed by atoms with Crippen LogP contribution in [0.15, 0.2) is 362 Å². The summed E-state index contributed by atoms with van der Waals surface area (Å²) >= 11 is 1.88. The lowest BCUT2D eigenvalue weighted by molar-refractivity contribution is 0.103. The smallest absolute Gasteiger partial charge is 0.193 e. The lowest BCUT2D eigenvalue weighted by Crippen LogP contribution is -2.30. The van der Waals surface area contributed by atoms with Gasteiger partial charge in [0.15, 0.2) is 5.78 Å². The second kappa shape index (κ2) is 30.5. The fourth-order valence-corrected chi connectivity index (χ4v) is 20.6. The van der Waals surface area contributed by atoms with Crippen molar-refractivity contribution in [3.8, 4) is 33.8 Å². The highest BCUT2D eigenvalue weighted by Crippen LogP contribution is 2.54. The van der Waals surface area contributed by atoms with Gasteiger partial charge in [-0.15, -0.1) is 0 Å². The Hall–Kier alpha value is -11.8. The minimum absolute atomic E-state index is 0.0193. The highest BCUT2D eigenvalue weighted by atomic mass is 32.2. The van der Waals surface area contributed by atoms with Crippen LogP contribution < -0.4 is 10.1 Å². The van der Waals surface area contributed by atoms with Crippen LogP contribution in [0.25, 0.3) is 33.0 Å². The number of hydrogen-bond donors (Lipinski definition) is 1. The molecule has 0 saturated heterocycles. The SMILES string of the molecule is CC1(C)c2ccccc2-c2c1ccc1ccccc21.CC1(C)c2ccccc2-c2ccccc21.CC1(C)c2ccccc2C(=O)c2ccccc21.CC1(C)c2ccccc2Cc2ccccc21.CC1(C)c2ccccc2Nc2ccccc21.CC1(C)c2ccccc2Oc2ccccc21.CC1(C)c2ccccc2Sc2ccccc21. The summed E-state index contributed by atoms with van der Waals surface area (Å²) in [6, 6.07) is 124. The van der Waals surface area contributed by atoms with Crippen LogP contribution in [0.1, 0.15) is 202 Å². The van der Waals surface area contributed by atoms with Crippen LogP contribution in [0.4, 0.5) is 11.4 Å². The molecule has 3 nitrogen and oxygen atoms in total. The minimum Gasteiger partial charge on any atom is -0.457 e. The summed E-state index contributed by atoms with van der Waals surface area (Å²) in [4.78, 5) is 15.2. The van der Waals surface area contributed by atoms with Crippen molar-refractivity contribution in [2.24, 2.45) is 0 Å². The van der Waals surface area contributed by atoms with E-state index in [-0.39, 0.29) is 43.7 Å². The van der Waals surface area contributed by atoms with Gasteiger partial charge >= 0.3 is 0 Å². The van der Waals surface area contributed by atoms with Crippen molar-refractivity contribution in [1.29, 1.82) is 0 Å². The first-order chi connectivity index (χ1) is 55.3. The van der Waals surface area contributed by atoms with E-state index >= 15 is 0 Å². The predicted octanol–water partition coefficient (Wildman–Crippen LogP) is 29.3. The molecule has 1 N–H and O–H groups in total. The van der Waals surface area contributed by atoms with Crippen molar-refractivity contribution >= 4 is 39.7 Å². The van der Waals surface area contributed by atoms with E-state index in [9.17, 15) is 4.79 Å². The molecular formula is C111H103NO2S. The quantitative estimate of drug-likeness (QED) is 0.164. The molecule has 0 spiro atoms. The average Bonchev–Trinajstić information content (AvgIpc) is 1.55. The number of nitrogens with one attached hydrogen (secondary N) is 1. The molecule has 570 valence electrons. The first-order valence-corrected chi connectivity index (χ1v) is 41.5. The van der Waals surface area contributed by atoms with E-state index in [1.807, 2.05) is 72.4 Å². The zero-order valence-electron chi connectivity index (χ0n) is 68.9. The van der Waals surface area contributed by atoms with Crippen LogP contribution in [0.2, 0.25) is 0 Å². The number of anilines is 2. The van der Waals surface area contributed by atoms with Gasteiger partial charge in [-0.1, -0.05) is 424 Å². The van der Waals surface area contributed by atoms with E-state index in [2.05, 4.69) is 393 Å². The molecule has 3 aliphatic heterocycles. The third-order valence-electron chi connectivity index (χ3n) is 25.6. The van der Waals surface area contributed by atoms with E-state index in [1.165, 1.54) is 132 Å². The van der Waals surface area contributed by atoms with Crippen LogP contribution in [0.3, 0.4) is 0 Å². The van der Waals surface area contributed by atoms with E-state index < -0.39 is 0 Å². The molecule has 0 unspecified atom stereocenters. The zero-order chi connectivity index (χ0) is 80.2. The number of carbonyl (C=O) groups excluding carboxylic acids is 1. The van der Waals surface area contributed by atoms with Crippen LogP contribution in [0.5, 0.6) is 11.5 Å². The molecular weight excluding hydrogens is 1410 g/mol. The third kappa shape index (κ3) is 13.9. The number of hydrogen-bond acceptors (Lipinski definition) is 4. The van der Waals surface area contributed by atoms with Crippen LogP contribution in [0, 0.1) is 0 Å². The maximum Gasteiger partial charge on any atom is 0.193 e. The number of carbonyl (C=O) groups is 1. The van der Waals surface area contributed by atoms with Crippen molar-refractivity contribution in [2.75, 3.05) is 5.32 Å². The number of para-hydroxylation sites is 4. The number of fused-ring (bicyclic) bond motifs is 18. The molecule has 22 rings (SSSR count). The second-order valence-corrected chi connectivity index (χ2v) is 36.1. The fraction of sp³-hybridized carbons (Fsp3) is 0.198. The molecule has 15 aromatic carbocycles. The summed E-state index contributed by atoms with van der Waals surface area (Å²) in [7, 11) is 0. The van der Waals surface area contributed by atoms with Gasteiger partial charge in [-0.2, -0.15) is 0 Å². The van der Waals surface area contributed by atoms with Gasteiger partial charge in [-0.05, 0) is 154 Å². The van der Waals surface area contributed by atoms with Gasteiger partial charge in [0.25, 0.3) is 0 Å². The summed E-state index contributed by atoms with van der Waals surface area (Å²) in [5.74, 6) is 2.10. The first kappa shape index (κ1) is 77.1. The fourth-order valence-electron chi connectivity index (χ4n) is 19.2. The van der Waals surface area contributed by atoms with E-state index in [1.54, 1.807) is 0 Å². The van der Waals surface area contributed by atoms with Gasteiger partial charge < -0.3 is 10.1 Å². The van der Waals surface area contributed by atoms with Crippen molar-refractivity contribution in [3.63, 3.8) is 0 Å². The number of rotatable bonds is 0. The van der Waals surface area contributed by atoms with Crippen LogP contribution in [-0.4, -0.2) is 5.78 Å². The summed E-state index contributed by atoms with van der Waals surface area (Å²) < 4.78 is 5.91. The van der Waals surface area contributed by atoms with Gasteiger partial charge in [-0.25, -0.2) is 0 Å². The molecule has 15 aromatic rings. The van der Waals surface area contributed by atoms with Gasteiger partial charge in [0.1, 0.15) is 11.5 Å². The molecule has 0 saturated carbocycles. The number of ether oxygens (including phenoxy) is 1. The molecule has 0 amide bonds. The Morgan fingerprint density at radius 1 is 0.243 bits per heavy atom. The second-order valence-electron chi connectivity index (χ2n) is 35.0. The van der Waals surface area contributed by atoms with E-state index in [0.717, 1.165) is 40.2 Å². The molecule has 0 aromatic heterocycles. The molecule has 115 heavy (non-hydrogen) atoms. The normalized spacial score (nSPS) is 16.0. The van der Waals surface area contributed by atoms with Crippen molar-refractivity contribution in [2.45, 2.75) is 151 Å². The lowest BCUT2D eigenvalue weighted by atomic mass is 9.68. The third-order valence-corrected chi connectivity index (χ3v) is 26.7. The Bertz CT molecular complexity index is 5500. The van der Waals surface area contributed by atoms with Crippen LogP contribution in [-0.2, 0) is 44.3 Å². The molecule has 4 heteroatoms. The molecule has 0 radical (unpaired) electrons. The standard InChI is InChI=1S/C19H16.C16H14O.C16H16.C15H15N.C15H14O.C15H14S.C15H14/c1-19(2)16-10-6-5-9-15(16)18-14-8-4-3-7-13(14)11-12-17(18)19;1-16(2)13-9-5-3-7-11(13)15(17)12-8-4-6-10-14(12)16;1-16(2)14-9-5-3-7-12(14)11-13-8-4-6-10-15(13)16;3*1-15(2)11-7-3-5-9-13(11)16-14-10-6-4-8-12(14)15;1-15(2)13-9-5-3-7-11(13)12-8-4-6-10-14(12)15/h3-12H,1-2H3;3-10H,1-2H3;3-10H,11H2,1-2H3;3-10,16H,1-2H3;2*3-10H,1-2H3;3-10H,1-2H3. The van der Waals surface area contributed by atoms with Gasteiger partial charge in [-0.3, -0.25) is 4.79 Å². The Labute approximate surface area is 686 Å². The lowest BCUT2D eigenvalue weighted by Gasteiger charge is -2.35. The molecule has 0 fully saturated rings. The Morgan fingerprint density at radius 2 is 0.530 bits per heavy atom. The zero-order valence-corrected chi connectivity index (χ0v) is 69.7. The highest BCUT2D eigenvalue weighted by molar-refractivity contribution is 7.99. The van der Waals surface area contributed by atoms with Crippen molar-refractivity contribution < 1.29 is 9.53 Å². The molecule has 0 bridgehead atoms. The largest absolute Gasteiger partial charge is 0.457 e. The van der Waals surface area contributed by atoms with Gasteiger partial charge in [0.05, 0.1) is 0 Å². The van der Waals surface area contributed by atoms with Crippen LogP contribution >= 0.6 is 11.8 Å². The summed E-state index contributed by atoms with van der Waals surface area (Å²) in [6.07, 6.45) is 1.08. The van der Waals surface area contributed by atoms with E-state index in [0.29, 0.717) is 0 Å². The summed E-state index contributed by atoms with van der Waals surface area (Å²) in [5, 5.41) is 6.20. The monoisotopic (exact) mass is 1510 g/mol. The summed E-state index contributed by atoms with van der Waals surface area (Å²) in [6.45, 7) is 31.9. The van der Waals surface area contributed by atoms with Gasteiger partial charge in [0, 0.05) is 81.3 Å². The Kier molecular flexibility index (Phi) is 20.5.